The van der Waals surface area contributed by atoms with E-state index >= 15 is 4.39 Å². The van der Waals surface area contributed by atoms with Gasteiger partial charge < -0.3 is 10.1 Å². The molecule has 1 spiro atoms. The summed E-state index contributed by atoms with van der Waals surface area (Å²) >= 11 is 0. The fraction of sp³-hybridized carbons (Fsp3) is 0.333. The third-order valence-corrected chi connectivity index (χ3v) is 4.95. The lowest BCUT2D eigenvalue weighted by molar-refractivity contribution is -0.135. The van der Waals surface area contributed by atoms with Crippen molar-refractivity contribution in [1.82, 2.24) is 10.3 Å². The van der Waals surface area contributed by atoms with Crippen LogP contribution in [0.25, 0.3) is 0 Å². The Labute approximate surface area is 146 Å². The van der Waals surface area contributed by atoms with Crippen molar-refractivity contribution < 1.29 is 27.1 Å². The van der Waals surface area contributed by atoms with Crippen LogP contribution in [-0.2, 0) is 27.3 Å². The number of nitrogens with one attached hydrogen (secondary N) is 1. The van der Waals surface area contributed by atoms with Crippen LogP contribution in [0, 0.1) is 17.5 Å². The average molecular weight is 366 g/mol. The molecular weight excluding hydrogens is 352 g/mol. The van der Waals surface area contributed by atoms with E-state index in [1.165, 1.54) is 18.3 Å². The molecule has 136 valence electrons. The first-order chi connectivity index (χ1) is 12.4. The van der Waals surface area contributed by atoms with Crippen molar-refractivity contribution in [2.24, 2.45) is 0 Å². The Bertz CT molecular complexity index is 901. The first-order valence-corrected chi connectivity index (χ1v) is 8.07. The number of benzene rings is 1. The van der Waals surface area contributed by atoms with Crippen LogP contribution >= 0.6 is 0 Å². The van der Waals surface area contributed by atoms with Gasteiger partial charge in [-0.15, -0.1) is 0 Å². The van der Waals surface area contributed by atoms with Crippen LogP contribution in [0.1, 0.15) is 29.7 Å². The second kappa shape index (κ2) is 5.77. The molecule has 1 amide bonds. The molecule has 1 saturated heterocycles. The zero-order chi connectivity index (χ0) is 18.5. The van der Waals surface area contributed by atoms with E-state index in [0.29, 0.717) is 18.7 Å². The number of ether oxygens (including phenoxy) is 1. The summed E-state index contributed by atoms with van der Waals surface area (Å²) in [5, 5.41) is 2.27. The average Bonchev–Trinajstić information content (AvgIpc) is 3.43. The molecule has 0 radical (unpaired) electrons. The predicted molar refractivity (Wildman–Crippen MR) is 82.0 cm³/mol. The number of alkyl halides is 1. The topological polar surface area (TPSA) is 54.5 Å². The normalized spacial score (nSPS) is 26.5. The Kier molecular flexibility index (Phi) is 3.76. The minimum Gasteiger partial charge on any atom is -0.363 e. The van der Waals surface area contributed by atoms with E-state index in [0.717, 1.165) is 12.1 Å². The molecule has 2 aliphatic rings. The van der Waals surface area contributed by atoms with E-state index in [2.05, 4.69) is 10.3 Å². The summed E-state index contributed by atoms with van der Waals surface area (Å²) in [5.41, 5.74) is -2.74. The van der Waals surface area contributed by atoms with Gasteiger partial charge in [-0.25, -0.2) is 17.6 Å². The highest BCUT2D eigenvalue weighted by molar-refractivity contribution is 5.87. The van der Waals surface area contributed by atoms with Gasteiger partial charge in [0.05, 0.1) is 12.3 Å². The summed E-state index contributed by atoms with van der Waals surface area (Å²) in [7, 11) is 0. The SMILES string of the molecule is O=C(NCc1ccc(F)c(F)c1F)[C@]1(F)CC[C@@]2(CO2)c2ncccc21. The number of carbonyl (C=O) groups excluding carboxylic acids is 1. The maximum atomic E-state index is 15.5. The first kappa shape index (κ1) is 17.0. The number of pyridine rings is 1. The molecule has 1 fully saturated rings. The molecular formula is C18H14F4N2O2. The van der Waals surface area contributed by atoms with E-state index in [1.807, 2.05) is 0 Å². The van der Waals surface area contributed by atoms with Gasteiger partial charge in [-0.05, 0) is 25.0 Å². The van der Waals surface area contributed by atoms with Gasteiger partial charge in [0, 0.05) is 23.9 Å². The minimum absolute atomic E-state index is 0.113. The Morgan fingerprint density at radius 2 is 1.96 bits per heavy atom. The number of rotatable bonds is 3. The largest absolute Gasteiger partial charge is 0.363 e. The first-order valence-electron chi connectivity index (χ1n) is 8.07. The van der Waals surface area contributed by atoms with Crippen molar-refractivity contribution in [2.75, 3.05) is 6.61 Å². The van der Waals surface area contributed by atoms with Crippen LogP contribution in [0.5, 0.6) is 0 Å². The summed E-state index contributed by atoms with van der Waals surface area (Å²) in [6.07, 6.45) is 1.68. The standard InChI is InChI=1S/C18H14F4N2O2/c19-12-4-3-10(13(20)14(12)21)8-24-16(25)18(22)6-5-17(9-26-17)15-11(18)2-1-7-23-15/h1-4,7H,5-6,8-9H2,(H,24,25)/t17-,18+/m1/s1. The molecule has 0 bridgehead atoms. The molecule has 4 nitrogen and oxygen atoms in total. The van der Waals surface area contributed by atoms with Gasteiger partial charge in [-0.3, -0.25) is 9.78 Å². The second-order valence-corrected chi connectivity index (χ2v) is 6.50. The van der Waals surface area contributed by atoms with Gasteiger partial charge in [0.1, 0.15) is 5.60 Å². The Hall–Kier alpha value is -2.48. The van der Waals surface area contributed by atoms with Gasteiger partial charge in [0.2, 0.25) is 5.67 Å². The van der Waals surface area contributed by atoms with Crippen LogP contribution in [-0.4, -0.2) is 17.5 Å². The number of aromatic nitrogens is 1. The molecule has 0 unspecified atom stereocenters. The molecule has 2 atom stereocenters. The van der Waals surface area contributed by atoms with Gasteiger partial charge in [0.25, 0.3) is 5.91 Å². The van der Waals surface area contributed by atoms with Crippen molar-refractivity contribution in [3.05, 3.63) is 64.7 Å². The number of nitrogens with zero attached hydrogens (tertiary/aromatic N) is 1. The fourth-order valence-electron chi connectivity index (χ4n) is 3.34. The predicted octanol–water partition coefficient (Wildman–Crippen LogP) is 3.00. The van der Waals surface area contributed by atoms with E-state index in [-0.39, 0.29) is 17.5 Å². The molecule has 8 heteroatoms. The van der Waals surface area contributed by atoms with Crippen molar-refractivity contribution in [3.8, 4) is 0 Å². The third kappa shape index (κ3) is 2.47. The molecule has 1 N–H and O–H groups in total. The second-order valence-electron chi connectivity index (χ2n) is 6.50. The van der Waals surface area contributed by atoms with Gasteiger partial charge >= 0.3 is 0 Å². The molecule has 4 rings (SSSR count). The number of epoxide rings is 1. The lowest BCUT2D eigenvalue weighted by Gasteiger charge is -2.33. The quantitative estimate of drug-likeness (QED) is 0.516. The molecule has 1 aromatic carbocycles. The van der Waals surface area contributed by atoms with Crippen molar-refractivity contribution >= 4 is 5.91 Å². The third-order valence-electron chi connectivity index (χ3n) is 4.95. The number of carbonyl (C=O) groups is 1. The minimum atomic E-state index is -2.35. The molecule has 0 saturated carbocycles. The molecule has 1 aliphatic carbocycles. The molecule has 1 aliphatic heterocycles. The number of fused-ring (bicyclic) bond motifs is 2. The van der Waals surface area contributed by atoms with Crippen LogP contribution in [0.15, 0.2) is 30.5 Å². The summed E-state index contributed by atoms with van der Waals surface area (Å²) in [6, 6.07) is 4.75. The van der Waals surface area contributed by atoms with Gasteiger partial charge in [0.15, 0.2) is 17.5 Å². The van der Waals surface area contributed by atoms with Crippen molar-refractivity contribution in [2.45, 2.75) is 30.7 Å². The fourth-order valence-corrected chi connectivity index (χ4v) is 3.34. The Morgan fingerprint density at radius 3 is 2.69 bits per heavy atom. The zero-order valence-corrected chi connectivity index (χ0v) is 13.5. The molecule has 2 heterocycles. The highest BCUT2D eigenvalue weighted by Crippen LogP contribution is 2.53. The Balaban J connectivity index is 1.58. The number of hydrogen-bond donors (Lipinski definition) is 1. The van der Waals surface area contributed by atoms with E-state index in [9.17, 15) is 18.0 Å². The van der Waals surface area contributed by atoms with Gasteiger partial charge in [-0.2, -0.15) is 0 Å². The number of hydrogen-bond acceptors (Lipinski definition) is 3. The van der Waals surface area contributed by atoms with Crippen LogP contribution in [0.4, 0.5) is 17.6 Å². The smallest absolute Gasteiger partial charge is 0.262 e. The maximum Gasteiger partial charge on any atom is 0.262 e. The van der Waals surface area contributed by atoms with Crippen LogP contribution < -0.4 is 5.32 Å². The lowest BCUT2D eigenvalue weighted by atomic mass is 9.77. The zero-order valence-electron chi connectivity index (χ0n) is 13.5. The summed E-state index contributed by atoms with van der Waals surface area (Å²) in [6.45, 7) is -0.0421. The number of halogens is 4. The maximum absolute atomic E-state index is 15.5. The molecule has 1 aromatic heterocycles. The summed E-state index contributed by atoms with van der Waals surface area (Å²) < 4.78 is 60.9. The van der Waals surface area contributed by atoms with Crippen molar-refractivity contribution in [1.29, 1.82) is 0 Å². The molecule has 26 heavy (non-hydrogen) atoms. The van der Waals surface area contributed by atoms with Crippen LogP contribution in [0.2, 0.25) is 0 Å². The van der Waals surface area contributed by atoms with E-state index in [4.69, 9.17) is 4.74 Å². The summed E-state index contributed by atoms with van der Waals surface area (Å²) in [5.74, 6) is -5.35. The van der Waals surface area contributed by atoms with E-state index in [1.54, 1.807) is 0 Å². The monoisotopic (exact) mass is 366 g/mol. The van der Waals surface area contributed by atoms with Gasteiger partial charge in [-0.1, -0.05) is 12.1 Å². The summed E-state index contributed by atoms with van der Waals surface area (Å²) in [4.78, 5) is 16.7. The highest BCUT2D eigenvalue weighted by Gasteiger charge is 2.58. The number of amides is 1. The molecule has 2 aromatic rings. The van der Waals surface area contributed by atoms with Crippen LogP contribution in [0.3, 0.4) is 0 Å². The lowest BCUT2D eigenvalue weighted by Crippen LogP contribution is -2.45. The Morgan fingerprint density at radius 1 is 1.19 bits per heavy atom. The highest BCUT2D eigenvalue weighted by atomic mass is 19.2. The van der Waals surface area contributed by atoms with Crippen molar-refractivity contribution in [3.63, 3.8) is 0 Å². The van der Waals surface area contributed by atoms with E-state index < -0.39 is 41.2 Å².